The van der Waals surface area contributed by atoms with Gasteiger partial charge in [-0.2, -0.15) is 0 Å². The lowest BCUT2D eigenvalue weighted by molar-refractivity contribution is 0.241. The topological polar surface area (TPSA) is 12.5 Å². The van der Waals surface area contributed by atoms with Gasteiger partial charge in [-0.25, -0.2) is 0 Å². The summed E-state index contributed by atoms with van der Waals surface area (Å²) in [5.41, 5.74) is 4.47. The van der Waals surface area contributed by atoms with Crippen molar-refractivity contribution in [2.75, 3.05) is 18.1 Å². The van der Waals surface area contributed by atoms with Gasteiger partial charge in [-0.3, -0.25) is 0 Å². The third kappa shape index (κ3) is 3.03. The molecule has 2 aliphatic rings. The Kier molecular flexibility index (Phi) is 4.11. The van der Waals surface area contributed by atoms with E-state index in [9.17, 15) is 0 Å². The summed E-state index contributed by atoms with van der Waals surface area (Å²) in [6.45, 7) is 12.0. The second-order valence-electron chi connectivity index (χ2n) is 5.63. The van der Waals surface area contributed by atoms with E-state index in [0.29, 0.717) is 12.4 Å². The van der Waals surface area contributed by atoms with Gasteiger partial charge in [0.25, 0.3) is 0 Å². The lowest BCUT2D eigenvalue weighted by atomic mass is 9.93. The summed E-state index contributed by atoms with van der Waals surface area (Å²) in [5, 5.41) is 0. The largest absolute Gasteiger partial charge is 0.494 e. The first-order valence-corrected chi connectivity index (χ1v) is 8.47. The van der Waals surface area contributed by atoms with Gasteiger partial charge in [0.05, 0.1) is 6.61 Å². The second kappa shape index (κ2) is 5.87. The van der Waals surface area contributed by atoms with E-state index in [-0.39, 0.29) is 0 Å². The summed E-state index contributed by atoms with van der Waals surface area (Å²) in [5.74, 6) is 1.54. The number of hydrogen-bond donors (Lipinski definition) is 0. The molecule has 3 rings (SSSR count). The highest BCUT2D eigenvalue weighted by molar-refractivity contribution is 14.1. The van der Waals surface area contributed by atoms with Gasteiger partial charge in [0.1, 0.15) is 5.76 Å². The van der Waals surface area contributed by atoms with Crippen molar-refractivity contribution >= 4 is 33.9 Å². The average Bonchev–Trinajstić information content (AvgIpc) is 3.26. The highest BCUT2D eigenvalue weighted by atomic mass is 127. The van der Waals surface area contributed by atoms with Crippen LogP contribution in [0.15, 0.2) is 48.9 Å². The van der Waals surface area contributed by atoms with Crippen LogP contribution in [0, 0.1) is 9.49 Å². The first kappa shape index (κ1) is 14.7. The zero-order valence-electron chi connectivity index (χ0n) is 12.4. The molecule has 0 spiro atoms. The molecule has 0 N–H and O–H groups in total. The maximum atomic E-state index is 5.61. The van der Waals surface area contributed by atoms with Crippen molar-refractivity contribution in [3.05, 3.63) is 58.0 Å². The Hall–Kier alpha value is -1.23. The minimum Gasteiger partial charge on any atom is -0.494 e. The molecule has 0 unspecified atom stereocenters. The highest BCUT2D eigenvalue weighted by Crippen LogP contribution is 2.41. The predicted octanol–water partition coefficient (Wildman–Crippen LogP) is 4.97. The number of fused-ring (bicyclic) bond motifs is 1. The molecule has 0 atom stereocenters. The van der Waals surface area contributed by atoms with Gasteiger partial charge in [0.2, 0.25) is 0 Å². The second-order valence-corrected chi connectivity index (χ2v) is 6.88. The number of rotatable bonds is 5. The van der Waals surface area contributed by atoms with Crippen molar-refractivity contribution in [2.24, 2.45) is 5.92 Å². The van der Waals surface area contributed by atoms with E-state index in [1.165, 1.54) is 27.7 Å². The van der Waals surface area contributed by atoms with Crippen LogP contribution in [0.2, 0.25) is 0 Å². The first-order chi connectivity index (χ1) is 10.1. The van der Waals surface area contributed by atoms with E-state index in [4.69, 9.17) is 4.74 Å². The molecule has 0 aromatic heterocycles. The van der Waals surface area contributed by atoms with Gasteiger partial charge in [0, 0.05) is 33.1 Å². The molecular weight excluding hydrogens is 373 g/mol. The average molecular weight is 393 g/mol. The molecule has 21 heavy (non-hydrogen) atoms. The first-order valence-electron chi connectivity index (χ1n) is 7.40. The van der Waals surface area contributed by atoms with Gasteiger partial charge < -0.3 is 9.64 Å². The molecule has 0 radical (unpaired) electrons. The third-order valence-corrected chi connectivity index (χ3v) is 4.64. The molecular formula is C18H20INO. The van der Waals surface area contributed by atoms with Crippen LogP contribution in [0.5, 0.6) is 0 Å². The number of nitrogens with zero attached hydrogens (tertiary/aromatic N) is 1. The minimum absolute atomic E-state index is 0.630. The molecule has 1 aliphatic heterocycles. The van der Waals surface area contributed by atoms with Crippen molar-refractivity contribution < 1.29 is 4.74 Å². The Labute approximate surface area is 140 Å². The SMILES string of the molecule is C=C(OCC)C1=CN(CC2CC2)c2ccc(I)cc2C1=C. The van der Waals surface area contributed by atoms with Gasteiger partial charge in [-0.15, -0.1) is 0 Å². The lowest BCUT2D eigenvalue weighted by Crippen LogP contribution is -2.24. The van der Waals surface area contributed by atoms with Gasteiger partial charge in [-0.1, -0.05) is 13.2 Å². The summed E-state index contributed by atoms with van der Waals surface area (Å²) >= 11 is 2.35. The van der Waals surface area contributed by atoms with Crippen LogP contribution in [0.3, 0.4) is 0 Å². The molecule has 1 fully saturated rings. The monoisotopic (exact) mass is 393 g/mol. The fraction of sp³-hybridized carbons (Fsp3) is 0.333. The molecule has 1 aliphatic carbocycles. The minimum atomic E-state index is 0.630. The maximum absolute atomic E-state index is 5.61. The Bertz CT molecular complexity index is 628. The molecule has 2 nitrogen and oxygen atoms in total. The molecule has 0 bridgehead atoms. The van der Waals surface area contributed by atoms with Crippen LogP contribution in [0.1, 0.15) is 25.3 Å². The van der Waals surface area contributed by atoms with Crippen LogP contribution in [0.25, 0.3) is 5.57 Å². The van der Waals surface area contributed by atoms with Gasteiger partial charge >= 0.3 is 0 Å². The summed E-state index contributed by atoms with van der Waals surface area (Å²) in [4.78, 5) is 2.34. The number of anilines is 1. The normalized spacial score (nSPS) is 17.3. The molecule has 1 aromatic rings. The standard InChI is InChI=1S/C18H20INO/c1-4-21-13(3)17-11-20(10-14-5-6-14)18-8-7-15(19)9-16(18)12(17)2/h7-9,11,14H,2-6,10H2,1H3. The van der Waals surface area contributed by atoms with Crippen molar-refractivity contribution in [2.45, 2.75) is 19.8 Å². The zero-order chi connectivity index (χ0) is 15.0. The summed E-state index contributed by atoms with van der Waals surface area (Å²) < 4.78 is 6.84. The fourth-order valence-corrected chi connectivity index (χ4v) is 3.16. The van der Waals surface area contributed by atoms with Crippen LogP contribution >= 0.6 is 22.6 Å². The molecule has 0 amide bonds. The van der Waals surface area contributed by atoms with Gasteiger partial charge in [0.15, 0.2) is 0 Å². The van der Waals surface area contributed by atoms with E-state index in [2.05, 4.69) is 65.0 Å². The van der Waals surface area contributed by atoms with Crippen LogP contribution in [0.4, 0.5) is 5.69 Å². The van der Waals surface area contributed by atoms with E-state index < -0.39 is 0 Å². The molecule has 1 heterocycles. The lowest BCUT2D eigenvalue weighted by Gasteiger charge is -2.31. The highest BCUT2D eigenvalue weighted by Gasteiger charge is 2.29. The fourth-order valence-electron chi connectivity index (χ4n) is 2.67. The summed E-state index contributed by atoms with van der Waals surface area (Å²) in [6, 6.07) is 6.55. The van der Waals surface area contributed by atoms with Crippen LogP contribution in [-0.4, -0.2) is 13.2 Å². The van der Waals surface area contributed by atoms with E-state index in [0.717, 1.165) is 23.6 Å². The summed E-state index contributed by atoms with van der Waals surface area (Å²) in [6.07, 6.45) is 4.84. The van der Waals surface area contributed by atoms with E-state index in [1.807, 2.05) is 6.92 Å². The Morgan fingerprint density at radius 1 is 1.43 bits per heavy atom. The summed E-state index contributed by atoms with van der Waals surface area (Å²) in [7, 11) is 0. The molecule has 3 heteroatoms. The third-order valence-electron chi connectivity index (χ3n) is 3.97. The molecule has 110 valence electrons. The number of allylic oxidation sites excluding steroid dienone is 1. The quantitative estimate of drug-likeness (QED) is 0.518. The van der Waals surface area contributed by atoms with Gasteiger partial charge in [-0.05, 0) is 72.0 Å². The van der Waals surface area contributed by atoms with Crippen molar-refractivity contribution in [3.8, 4) is 0 Å². The number of benzene rings is 1. The Morgan fingerprint density at radius 3 is 2.86 bits per heavy atom. The molecule has 0 saturated heterocycles. The smallest absolute Gasteiger partial charge is 0.121 e. The van der Waals surface area contributed by atoms with Crippen LogP contribution < -0.4 is 4.90 Å². The Morgan fingerprint density at radius 2 is 2.19 bits per heavy atom. The maximum Gasteiger partial charge on any atom is 0.121 e. The van der Waals surface area contributed by atoms with Crippen molar-refractivity contribution in [1.82, 2.24) is 0 Å². The number of ether oxygens (including phenoxy) is 1. The molecule has 1 saturated carbocycles. The van der Waals surface area contributed by atoms with Crippen molar-refractivity contribution in [3.63, 3.8) is 0 Å². The molecule has 1 aromatic carbocycles. The Balaban J connectivity index is 2.00. The van der Waals surface area contributed by atoms with Crippen LogP contribution in [-0.2, 0) is 4.74 Å². The van der Waals surface area contributed by atoms with Crippen molar-refractivity contribution in [1.29, 1.82) is 0 Å². The predicted molar refractivity (Wildman–Crippen MR) is 97.1 cm³/mol. The van der Waals surface area contributed by atoms with E-state index in [1.54, 1.807) is 0 Å². The zero-order valence-corrected chi connectivity index (χ0v) is 14.5. The van der Waals surface area contributed by atoms with E-state index >= 15 is 0 Å². The number of halogens is 1. The number of hydrogen-bond acceptors (Lipinski definition) is 2.